The van der Waals surface area contributed by atoms with Crippen molar-refractivity contribution in [1.82, 2.24) is 9.88 Å². The number of carbonyl (C=O) groups is 3. The van der Waals surface area contributed by atoms with Crippen LogP contribution in [0, 0.1) is 13.8 Å². The summed E-state index contributed by atoms with van der Waals surface area (Å²) in [7, 11) is 3.13. The molecule has 0 aliphatic rings. The number of rotatable bonds is 7. The van der Waals surface area contributed by atoms with Gasteiger partial charge in [-0.05, 0) is 57.5 Å². The molecule has 7 heteroatoms. The van der Waals surface area contributed by atoms with Gasteiger partial charge in [-0.2, -0.15) is 0 Å². The molecule has 1 N–H and O–H groups in total. The van der Waals surface area contributed by atoms with Gasteiger partial charge < -0.3 is 19.4 Å². The van der Waals surface area contributed by atoms with Crippen LogP contribution in [0.25, 0.3) is 0 Å². The Labute approximate surface area is 164 Å². The molecule has 0 saturated carbocycles. The van der Waals surface area contributed by atoms with E-state index in [4.69, 9.17) is 9.47 Å². The number of hydrogen-bond donors (Lipinski definition) is 1. The minimum absolute atomic E-state index is 0.244. The van der Waals surface area contributed by atoms with Crippen LogP contribution < -0.4 is 4.74 Å². The Bertz CT molecular complexity index is 883. The van der Waals surface area contributed by atoms with Crippen molar-refractivity contribution in [3.8, 4) is 5.75 Å². The Morgan fingerprint density at radius 2 is 1.75 bits per heavy atom. The smallest absolute Gasteiger partial charge is 0.355 e. The largest absolute Gasteiger partial charge is 0.497 e. The van der Waals surface area contributed by atoms with Crippen LogP contribution in [0.5, 0.6) is 5.75 Å². The van der Waals surface area contributed by atoms with Crippen molar-refractivity contribution in [2.45, 2.75) is 33.7 Å². The molecule has 2 aromatic rings. The lowest BCUT2D eigenvalue weighted by molar-refractivity contribution is 0.0519. The average molecular weight is 386 g/mol. The Morgan fingerprint density at radius 1 is 1.14 bits per heavy atom. The second-order valence-corrected chi connectivity index (χ2v) is 6.53. The van der Waals surface area contributed by atoms with Crippen LogP contribution in [0.15, 0.2) is 24.3 Å². The Morgan fingerprint density at radius 3 is 2.29 bits per heavy atom. The molecular formula is C21H26N2O5. The number of amides is 1. The number of aromatic nitrogens is 1. The number of carbonyl (C=O) groups excluding carboxylic acids is 3. The number of aromatic amines is 1. The molecule has 150 valence electrons. The first-order chi connectivity index (χ1) is 13.2. The maximum atomic E-state index is 13.1. The molecular weight excluding hydrogens is 360 g/mol. The van der Waals surface area contributed by atoms with E-state index in [0.29, 0.717) is 28.1 Å². The lowest BCUT2D eigenvalue weighted by atomic mass is 9.99. The molecule has 7 nitrogen and oxygen atoms in total. The third kappa shape index (κ3) is 4.08. The van der Waals surface area contributed by atoms with Crippen molar-refractivity contribution >= 4 is 17.7 Å². The Balaban J connectivity index is 2.25. The number of benzene rings is 1. The first-order valence-electron chi connectivity index (χ1n) is 9.04. The van der Waals surface area contributed by atoms with E-state index in [1.54, 1.807) is 66.1 Å². The van der Waals surface area contributed by atoms with Crippen LogP contribution in [0.1, 0.15) is 56.3 Å². The summed E-state index contributed by atoms with van der Waals surface area (Å²) in [5.74, 6) is -0.378. The van der Waals surface area contributed by atoms with E-state index in [-0.39, 0.29) is 24.0 Å². The number of esters is 1. The van der Waals surface area contributed by atoms with Gasteiger partial charge in [0.15, 0.2) is 5.78 Å². The zero-order chi connectivity index (χ0) is 21.0. The second-order valence-electron chi connectivity index (χ2n) is 6.53. The molecule has 28 heavy (non-hydrogen) atoms. The lowest BCUT2D eigenvalue weighted by Gasteiger charge is -2.24. The summed E-state index contributed by atoms with van der Waals surface area (Å²) in [5.41, 5.74) is 2.22. The Kier molecular flexibility index (Phi) is 6.62. The topological polar surface area (TPSA) is 88.7 Å². The molecule has 0 fully saturated rings. The number of aryl methyl sites for hydroxylation is 1. The number of ketones is 1. The molecule has 0 aliphatic carbocycles. The monoisotopic (exact) mass is 386 g/mol. The SMILES string of the molecule is CCOC(=O)c1[nH]c(C)c(C(=O)C(C)N(C)C(=O)c2ccc(OC)cc2)c1C. The maximum Gasteiger partial charge on any atom is 0.355 e. The predicted octanol–water partition coefficient (Wildman–Crippen LogP) is 3.16. The normalized spacial score (nSPS) is 11.6. The minimum Gasteiger partial charge on any atom is -0.497 e. The van der Waals surface area contributed by atoms with Gasteiger partial charge in [0.25, 0.3) is 5.91 Å². The first kappa shape index (κ1) is 21.2. The molecule has 0 bridgehead atoms. The van der Waals surface area contributed by atoms with Gasteiger partial charge in [0.2, 0.25) is 0 Å². The highest BCUT2D eigenvalue weighted by atomic mass is 16.5. The van der Waals surface area contributed by atoms with E-state index in [0.717, 1.165) is 0 Å². The first-order valence-corrected chi connectivity index (χ1v) is 9.04. The molecule has 0 aliphatic heterocycles. The number of nitrogens with zero attached hydrogens (tertiary/aromatic N) is 1. The van der Waals surface area contributed by atoms with Gasteiger partial charge in [0.1, 0.15) is 11.4 Å². The van der Waals surface area contributed by atoms with Gasteiger partial charge in [-0.15, -0.1) is 0 Å². The van der Waals surface area contributed by atoms with Gasteiger partial charge in [-0.25, -0.2) is 4.79 Å². The lowest BCUT2D eigenvalue weighted by Crippen LogP contribution is -2.40. The fraction of sp³-hybridized carbons (Fsp3) is 0.381. The van der Waals surface area contributed by atoms with Crippen LogP contribution in [0.4, 0.5) is 0 Å². The number of nitrogens with one attached hydrogen (secondary N) is 1. The summed E-state index contributed by atoms with van der Waals surface area (Å²) >= 11 is 0. The summed E-state index contributed by atoms with van der Waals surface area (Å²) in [4.78, 5) is 42.2. The zero-order valence-electron chi connectivity index (χ0n) is 17.1. The van der Waals surface area contributed by atoms with Crippen molar-refractivity contribution < 1.29 is 23.9 Å². The fourth-order valence-corrected chi connectivity index (χ4v) is 3.02. The molecule has 0 radical (unpaired) electrons. The molecule has 1 aromatic heterocycles. The minimum atomic E-state index is -0.710. The van der Waals surface area contributed by atoms with Crippen LogP contribution >= 0.6 is 0 Å². The molecule has 0 saturated heterocycles. The van der Waals surface area contributed by atoms with E-state index in [1.165, 1.54) is 4.90 Å². The van der Waals surface area contributed by atoms with Crippen molar-refractivity contribution in [1.29, 1.82) is 0 Å². The number of methoxy groups -OCH3 is 1. The number of likely N-dealkylation sites (N-methyl/N-ethyl adjacent to an activating group) is 1. The van der Waals surface area contributed by atoms with Gasteiger partial charge >= 0.3 is 5.97 Å². The third-order valence-electron chi connectivity index (χ3n) is 4.78. The van der Waals surface area contributed by atoms with Gasteiger partial charge in [0.05, 0.1) is 19.8 Å². The molecule has 2 rings (SSSR count). The van der Waals surface area contributed by atoms with Crippen molar-refractivity contribution in [2.24, 2.45) is 0 Å². The average Bonchev–Trinajstić information content (AvgIpc) is 3.00. The quantitative estimate of drug-likeness (QED) is 0.583. The molecule has 1 heterocycles. The van der Waals surface area contributed by atoms with Crippen LogP contribution in [0.2, 0.25) is 0 Å². The molecule has 1 unspecified atom stereocenters. The summed E-state index contributed by atoms with van der Waals surface area (Å²) in [6.07, 6.45) is 0. The summed E-state index contributed by atoms with van der Waals surface area (Å²) in [6.45, 7) is 7.05. The van der Waals surface area contributed by atoms with Crippen molar-refractivity contribution in [2.75, 3.05) is 20.8 Å². The Hall–Kier alpha value is -3.09. The van der Waals surface area contributed by atoms with Gasteiger partial charge in [-0.1, -0.05) is 0 Å². The fourth-order valence-electron chi connectivity index (χ4n) is 3.02. The van der Waals surface area contributed by atoms with E-state index in [2.05, 4.69) is 4.98 Å². The standard InChI is InChI=1S/C21H26N2O5/c1-7-28-21(26)18-12(2)17(13(3)22-18)19(24)14(4)23(5)20(25)15-8-10-16(27-6)11-9-15/h8-11,14,22H,7H2,1-6H3. The zero-order valence-corrected chi connectivity index (χ0v) is 17.1. The van der Waals surface area contributed by atoms with Crippen molar-refractivity contribution in [3.63, 3.8) is 0 Å². The van der Waals surface area contributed by atoms with Crippen LogP contribution in [0.3, 0.4) is 0 Å². The number of hydrogen-bond acceptors (Lipinski definition) is 5. The van der Waals surface area contributed by atoms with Gasteiger partial charge in [0, 0.05) is 23.9 Å². The number of ether oxygens (including phenoxy) is 2. The maximum absolute atomic E-state index is 13.1. The summed E-state index contributed by atoms with van der Waals surface area (Å²) < 4.78 is 10.1. The van der Waals surface area contributed by atoms with E-state index < -0.39 is 12.0 Å². The summed E-state index contributed by atoms with van der Waals surface area (Å²) in [6, 6.07) is 5.98. The summed E-state index contributed by atoms with van der Waals surface area (Å²) in [5, 5.41) is 0. The number of H-pyrrole nitrogens is 1. The van der Waals surface area contributed by atoms with E-state index in [1.807, 2.05) is 0 Å². The predicted molar refractivity (Wildman–Crippen MR) is 105 cm³/mol. The molecule has 1 amide bonds. The molecule has 1 atom stereocenters. The van der Waals surface area contributed by atoms with Crippen LogP contribution in [-0.2, 0) is 4.74 Å². The van der Waals surface area contributed by atoms with Crippen LogP contribution in [-0.4, -0.2) is 54.3 Å². The highest BCUT2D eigenvalue weighted by molar-refractivity contribution is 6.07. The molecule has 1 aromatic carbocycles. The third-order valence-corrected chi connectivity index (χ3v) is 4.78. The van der Waals surface area contributed by atoms with E-state index >= 15 is 0 Å². The highest BCUT2D eigenvalue weighted by Crippen LogP contribution is 2.22. The number of Topliss-reactive ketones (excluding diaryl/α,β-unsaturated/α-hetero) is 1. The van der Waals surface area contributed by atoms with E-state index in [9.17, 15) is 14.4 Å². The second kappa shape index (κ2) is 8.73. The van der Waals surface area contributed by atoms with Gasteiger partial charge in [-0.3, -0.25) is 9.59 Å². The molecule has 0 spiro atoms. The highest BCUT2D eigenvalue weighted by Gasteiger charge is 2.29. The van der Waals surface area contributed by atoms with Crippen molar-refractivity contribution in [3.05, 3.63) is 52.3 Å².